The third kappa shape index (κ3) is 18.4. The summed E-state index contributed by atoms with van der Waals surface area (Å²) in [6.07, 6.45) is 1.45. The molecule has 0 spiro atoms. The molecule has 0 saturated heterocycles. The third-order valence-electron chi connectivity index (χ3n) is 4.89. The Balaban J connectivity index is 4.09. The molecule has 218 valence electrons. The largest absolute Gasteiger partial charge is 0.468 e. The molecule has 0 saturated carbocycles. The highest BCUT2D eigenvalue weighted by atomic mass is 16.6. The number of aliphatic hydroxyl groups is 2. The summed E-state index contributed by atoms with van der Waals surface area (Å²) in [6, 6.07) is 0. The van der Waals surface area contributed by atoms with Gasteiger partial charge in [0.1, 0.15) is 25.4 Å². The maximum Gasteiger partial charge on any atom is 0.333 e. The first-order valence-corrected chi connectivity index (χ1v) is 12.4. The molecule has 38 heavy (non-hydrogen) atoms. The molecule has 2 N–H and O–H groups in total. The second kappa shape index (κ2) is 21.2. The topological polar surface area (TPSA) is 164 Å². The van der Waals surface area contributed by atoms with Gasteiger partial charge in [-0.05, 0) is 46.0 Å². The average Bonchev–Trinajstić information content (AvgIpc) is 2.88. The fourth-order valence-electron chi connectivity index (χ4n) is 2.83. The van der Waals surface area contributed by atoms with Gasteiger partial charge in [-0.25, -0.2) is 9.59 Å². The van der Waals surface area contributed by atoms with Crippen LogP contribution in [0.15, 0.2) is 24.8 Å². The maximum atomic E-state index is 12.5. The molecule has 0 aromatic rings. The van der Waals surface area contributed by atoms with E-state index >= 15 is 0 Å². The van der Waals surface area contributed by atoms with Gasteiger partial charge in [-0.2, -0.15) is 0 Å². The lowest BCUT2D eigenvalue weighted by molar-refractivity contribution is -0.158. The van der Waals surface area contributed by atoms with Gasteiger partial charge in [0.25, 0.3) is 6.47 Å². The first-order valence-electron chi connectivity index (χ1n) is 12.4. The summed E-state index contributed by atoms with van der Waals surface area (Å²) in [5.41, 5.74) is -1.09. The molecule has 0 aromatic carbocycles. The van der Waals surface area contributed by atoms with E-state index in [-0.39, 0.29) is 45.0 Å². The van der Waals surface area contributed by atoms with Gasteiger partial charge in [-0.1, -0.05) is 13.2 Å². The quantitative estimate of drug-likeness (QED) is 0.0586. The van der Waals surface area contributed by atoms with Crippen LogP contribution in [-0.4, -0.2) is 99.7 Å². The number of unbranched alkanes of at least 4 members (excludes halogenated alkanes) is 2. The lowest BCUT2D eigenvalue weighted by atomic mass is 9.86. The fraction of sp³-hybridized carbons (Fsp3) is 0.692. The van der Waals surface area contributed by atoms with E-state index in [2.05, 4.69) is 17.9 Å². The van der Waals surface area contributed by atoms with Gasteiger partial charge >= 0.3 is 17.9 Å². The van der Waals surface area contributed by atoms with Crippen LogP contribution in [0.5, 0.6) is 0 Å². The van der Waals surface area contributed by atoms with E-state index in [1.54, 1.807) is 13.8 Å². The van der Waals surface area contributed by atoms with Crippen LogP contribution < -0.4 is 0 Å². The third-order valence-corrected chi connectivity index (χ3v) is 4.89. The van der Waals surface area contributed by atoms with E-state index < -0.39 is 35.5 Å². The summed E-state index contributed by atoms with van der Waals surface area (Å²) < 4.78 is 30.2. The van der Waals surface area contributed by atoms with Crippen molar-refractivity contribution in [3.8, 4) is 0 Å². The van der Waals surface area contributed by atoms with E-state index in [0.29, 0.717) is 52.0 Å². The van der Waals surface area contributed by atoms with Crippen molar-refractivity contribution in [2.24, 2.45) is 5.41 Å². The van der Waals surface area contributed by atoms with Crippen molar-refractivity contribution in [3.05, 3.63) is 24.8 Å². The first kappa shape index (κ1) is 35.2. The molecule has 0 aliphatic carbocycles. The minimum Gasteiger partial charge on any atom is -0.468 e. The monoisotopic (exact) mass is 546 g/mol. The van der Waals surface area contributed by atoms with Crippen LogP contribution in [0, 0.1) is 5.41 Å². The second-order valence-electron chi connectivity index (χ2n) is 9.07. The minimum absolute atomic E-state index is 0.0258. The summed E-state index contributed by atoms with van der Waals surface area (Å²) in [5, 5.41) is 19.8. The van der Waals surface area contributed by atoms with Gasteiger partial charge < -0.3 is 38.6 Å². The number of rotatable bonds is 24. The van der Waals surface area contributed by atoms with Crippen molar-refractivity contribution in [3.63, 3.8) is 0 Å². The van der Waals surface area contributed by atoms with E-state index in [1.807, 2.05) is 0 Å². The van der Waals surface area contributed by atoms with Crippen molar-refractivity contribution >= 4 is 24.4 Å². The highest BCUT2D eigenvalue weighted by Gasteiger charge is 2.32. The van der Waals surface area contributed by atoms with Crippen LogP contribution >= 0.6 is 0 Å². The normalized spacial score (nSPS) is 12.6. The molecule has 0 amide bonds. The molecular formula is C26H42O12. The SMILES string of the molecule is C=CC(=O)OCCCCOCC(O)COC(=O)C(C)(C)CC(=C)C(=O)OCC(O)COCCCCOC=O. The van der Waals surface area contributed by atoms with Crippen LogP contribution in [0.2, 0.25) is 0 Å². The summed E-state index contributed by atoms with van der Waals surface area (Å²) >= 11 is 0. The fourth-order valence-corrected chi connectivity index (χ4v) is 2.83. The zero-order valence-electron chi connectivity index (χ0n) is 22.4. The summed E-state index contributed by atoms with van der Waals surface area (Å²) in [5.74, 6) is -1.89. The molecule has 0 aromatic heterocycles. The van der Waals surface area contributed by atoms with Gasteiger partial charge in [-0.3, -0.25) is 9.59 Å². The molecule has 0 aliphatic heterocycles. The number of hydrogen-bond donors (Lipinski definition) is 2. The Kier molecular flexibility index (Phi) is 19.6. The summed E-state index contributed by atoms with van der Waals surface area (Å²) in [6.45, 7) is 11.0. The lowest BCUT2D eigenvalue weighted by Crippen LogP contribution is -2.32. The van der Waals surface area contributed by atoms with E-state index in [4.69, 9.17) is 23.7 Å². The Labute approximate surface area is 223 Å². The van der Waals surface area contributed by atoms with Gasteiger partial charge in [0.15, 0.2) is 0 Å². The molecule has 0 radical (unpaired) electrons. The number of carbonyl (C=O) groups excluding carboxylic acids is 4. The van der Waals surface area contributed by atoms with Crippen molar-refractivity contribution in [2.45, 2.75) is 58.2 Å². The van der Waals surface area contributed by atoms with Gasteiger partial charge in [0.05, 0.1) is 31.8 Å². The standard InChI is InChI=1S/C26H42O12/c1-5-23(30)36-13-9-8-11-34-16-22(29)18-38-25(32)26(3,4)14-20(2)24(31)37-17-21(28)15-33-10-6-7-12-35-19-27/h5,19,21-22,28-29H,1-2,6-18H2,3-4H3. The van der Waals surface area contributed by atoms with Gasteiger partial charge in [0, 0.05) is 24.9 Å². The lowest BCUT2D eigenvalue weighted by Gasteiger charge is -2.24. The van der Waals surface area contributed by atoms with Crippen LogP contribution in [0.4, 0.5) is 0 Å². The molecule has 2 atom stereocenters. The van der Waals surface area contributed by atoms with Crippen LogP contribution in [0.3, 0.4) is 0 Å². The van der Waals surface area contributed by atoms with Crippen LogP contribution in [-0.2, 0) is 47.6 Å². The molecule has 0 rings (SSSR count). The van der Waals surface area contributed by atoms with Crippen molar-refractivity contribution in [1.82, 2.24) is 0 Å². The minimum atomic E-state index is -1.12. The first-order chi connectivity index (χ1) is 18.0. The molecule has 0 heterocycles. The maximum absolute atomic E-state index is 12.5. The van der Waals surface area contributed by atoms with E-state index in [9.17, 15) is 29.4 Å². The second-order valence-corrected chi connectivity index (χ2v) is 9.07. The predicted octanol–water partition coefficient (Wildman–Crippen LogP) is 1.26. The van der Waals surface area contributed by atoms with Gasteiger partial charge in [-0.15, -0.1) is 0 Å². The summed E-state index contributed by atoms with van der Waals surface area (Å²) in [7, 11) is 0. The number of aliphatic hydroxyl groups excluding tert-OH is 2. The Morgan fingerprint density at radius 3 is 1.89 bits per heavy atom. The van der Waals surface area contributed by atoms with Crippen LogP contribution in [0.1, 0.15) is 46.0 Å². The molecule has 0 bridgehead atoms. The Bertz CT molecular complexity index is 734. The number of carbonyl (C=O) groups is 4. The number of hydrogen-bond acceptors (Lipinski definition) is 12. The molecule has 12 heteroatoms. The average molecular weight is 547 g/mol. The predicted molar refractivity (Wildman–Crippen MR) is 135 cm³/mol. The van der Waals surface area contributed by atoms with Crippen molar-refractivity contribution in [1.29, 1.82) is 0 Å². The Morgan fingerprint density at radius 2 is 1.34 bits per heavy atom. The smallest absolute Gasteiger partial charge is 0.333 e. The van der Waals surface area contributed by atoms with Crippen LogP contribution in [0.25, 0.3) is 0 Å². The number of esters is 3. The Hall–Kier alpha value is -2.80. The molecule has 12 nitrogen and oxygen atoms in total. The summed E-state index contributed by atoms with van der Waals surface area (Å²) in [4.78, 5) is 45.6. The van der Waals surface area contributed by atoms with E-state index in [1.165, 1.54) is 0 Å². The van der Waals surface area contributed by atoms with Crippen molar-refractivity contribution in [2.75, 3.05) is 52.9 Å². The molecule has 0 fully saturated rings. The van der Waals surface area contributed by atoms with Crippen molar-refractivity contribution < 1.29 is 57.8 Å². The Morgan fingerprint density at radius 1 is 0.816 bits per heavy atom. The molecule has 0 aliphatic rings. The highest BCUT2D eigenvalue weighted by Crippen LogP contribution is 2.27. The van der Waals surface area contributed by atoms with E-state index in [0.717, 1.165) is 6.08 Å². The number of ether oxygens (including phenoxy) is 6. The zero-order chi connectivity index (χ0) is 28.8. The molecule has 2 unspecified atom stereocenters. The van der Waals surface area contributed by atoms with Gasteiger partial charge in [0.2, 0.25) is 0 Å². The zero-order valence-corrected chi connectivity index (χ0v) is 22.4. The molecular weight excluding hydrogens is 504 g/mol. The highest BCUT2D eigenvalue weighted by molar-refractivity contribution is 5.89.